The van der Waals surface area contributed by atoms with Crippen LogP contribution in [0.15, 0.2) is 42.5 Å². The zero-order valence-corrected chi connectivity index (χ0v) is 17.5. The highest BCUT2D eigenvalue weighted by Gasteiger charge is 2.28. The van der Waals surface area contributed by atoms with Crippen LogP contribution in [0.5, 0.6) is 5.75 Å². The van der Waals surface area contributed by atoms with Gasteiger partial charge in [0.2, 0.25) is 5.91 Å². The van der Waals surface area contributed by atoms with Crippen molar-refractivity contribution in [2.45, 2.75) is 39.8 Å². The molecule has 6 heteroatoms. The van der Waals surface area contributed by atoms with Gasteiger partial charge in [-0.1, -0.05) is 42.8 Å². The predicted molar refractivity (Wildman–Crippen MR) is 112 cm³/mol. The first-order chi connectivity index (χ1) is 13.3. The van der Waals surface area contributed by atoms with Crippen LogP contribution in [0.25, 0.3) is 0 Å². The Kier molecular flexibility index (Phi) is 7.88. The van der Waals surface area contributed by atoms with Crippen molar-refractivity contribution >= 4 is 23.4 Å². The Labute approximate surface area is 171 Å². The molecule has 0 bridgehead atoms. The minimum absolute atomic E-state index is 0.152. The number of nitrogens with one attached hydrogen (secondary N) is 1. The van der Waals surface area contributed by atoms with Crippen molar-refractivity contribution in [2.75, 3.05) is 13.7 Å². The summed E-state index contributed by atoms with van der Waals surface area (Å²) < 4.78 is 5.73. The quantitative estimate of drug-likeness (QED) is 0.728. The third-order valence-electron chi connectivity index (χ3n) is 4.49. The van der Waals surface area contributed by atoms with Crippen LogP contribution >= 0.6 is 11.6 Å². The summed E-state index contributed by atoms with van der Waals surface area (Å²) in [6.07, 6.45) is 0.486. The highest BCUT2D eigenvalue weighted by molar-refractivity contribution is 6.31. The first-order valence-electron chi connectivity index (χ1n) is 9.31. The Morgan fingerprint density at radius 2 is 1.79 bits per heavy atom. The highest BCUT2D eigenvalue weighted by atomic mass is 35.5. The van der Waals surface area contributed by atoms with Gasteiger partial charge in [0.15, 0.2) is 6.61 Å². The molecule has 0 saturated carbocycles. The average Bonchev–Trinajstić information content (AvgIpc) is 2.66. The lowest BCUT2D eigenvalue weighted by Gasteiger charge is -2.30. The molecule has 2 aromatic carbocycles. The van der Waals surface area contributed by atoms with Crippen LogP contribution in [0.3, 0.4) is 0 Å². The largest absolute Gasteiger partial charge is 0.484 e. The lowest BCUT2D eigenvalue weighted by atomic mass is 10.1. The molecule has 0 heterocycles. The summed E-state index contributed by atoms with van der Waals surface area (Å²) >= 11 is 6.27. The van der Waals surface area contributed by atoms with Gasteiger partial charge < -0.3 is 15.0 Å². The maximum atomic E-state index is 13.0. The second-order valence-corrected chi connectivity index (χ2v) is 7.17. The second kappa shape index (κ2) is 10.1. The summed E-state index contributed by atoms with van der Waals surface area (Å²) in [5.41, 5.74) is 2.91. The molecule has 0 aromatic heterocycles. The third-order valence-corrected chi connectivity index (χ3v) is 4.86. The first-order valence-corrected chi connectivity index (χ1v) is 9.69. The van der Waals surface area contributed by atoms with E-state index in [4.69, 9.17) is 16.3 Å². The van der Waals surface area contributed by atoms with Crippen molar-refractivity contribution < 1.29 is 14.3 Å². The van der Waals surface area contributed by atoms with E-state index in [0.29, 0.717) is 17.2 Å². The number of likely N-dealkylation sites (N-methyl/N-ethyl adjacent to an activating group) is 1. The SMILES string of the molecule is CC[C@@H](C(=O)NC)N(Cc1ccccc1Cl)C(=O)COc1cc(C)cc(C)c1. The van der Waals surface area contributed by atoms with Crippen molar-refractivity contribution in [1.82, 2.24) is 10.2 Å². The van der Waals surface area contributed by atoms with Gasteiger partial charge in [-0.2, -0.15) is 0 Å². The van der Waals surface area contributed by atoms with Crippen molar-refractivity contribution in [3.63, 3.8) is 0 Å². The fourth-order valence-corrected chi connectivity index (χ4v) is 3.34. The van der Waals surface area contributed by atoms with Crippen LogP contribution in [0.4, 0.5) is 0 Å². The molecule has 0 spiro atoms. The van der Waals surface area contributed by atoms with Gasteiger partial charge in [-0.25, -0.2) is 0 Å². The summed E-state index contributed by atoms with van der Waals surface area (Å²) in [6.45, 7) is 5.91. The van der Waals surface area contributed by atoms with Crippen LogP contribution < -0.4 is 10.1 Å². The zero-order chi connectivity index (χ0) is 20.7. The monoisotopic (exact) mass is 402 g/mol. The van der Waals surface area contributed by atoms with Crippen LogP contribution in [-0.2, 0) is 16.1 Å². The van der Waals surface area contributed by atoms with Gasteiger partial charge in [0.05, 0.1) is 0 Å². The average molecular weight is 403 g/mol. The van der Waals surface area contributed by atoms with E-state index < -0.39 is 6.04 Å². The van der Waals surface area contributed by atoms with Gasteiger partial charge in [0, 0.05) is 18.6 Å². The molecule has 1 atom stereocenters. The van der Waals surface area contributed by atoms with Crippen LogP contribution in [0.1, 0.15) is 30.0 Å². The van der Waals surface area contributed by atoms with E-state index in [0.717, 1.165) is 16.7 Å². The first kappa shape index (κ1) is 21.8. The molecule has 2 aromatic rings. The van der Waals surface area contributed by atoms with E-state index >= 15 is 0 Å². The second-order valence-electron chi connectivity index (χ2n) is 6.76. The molecular formula is C22H27ClN2O3. The van der Waals surface area contributed by atoms with E-state index in [1.165, 1.54) is 4.90 Å². The fraction of sp³-hybridized carbons (Fsp3) is 0.364. The smallest absolute Gasteiger partial charge is 0.261 e. The van der Waals surface area contributed by atoms with Crippen LogP contribution in [-0.4, -0.2) is 36.4 Å². The minimum atomic E-state index is -0.600. The normalized spacial score (nSPS) is 11.6. The standard InChI is InChI=1S/C22H27ClN2O3/c1-5-20(22(27)24-4)25(13-17-8-6-7-9-19(17)23)21(26)14-28-18-11-15(2)10-16(3)12-18/h6-12,20H,5,13-14H2,1-4H3,(H,24,27)/t20-/m0/s1. The summed E-state index contributed by atoms with van der Waals surface area (Å²) in [7, 11) is 1.56. The maximum absolute atomic E-state index is 13.0. The Bertz CT molecular complexity index is 818. The molecule has 2 amide bonds. The van der Waals surface area contributed by atoms with E-state index in [9.17, 15) is 9.59 Å². The molecule has 28 heavy (non-hydrogen) atoms. The summed E-state index contributed by atoms with van der Waals surface area (Å²) in [4.78, 5) is 26.9. The number of nitrogens with zero attached hydrogens (tertiary/aromatic N) is 1. The molecule has 0 fully saturated rings. The van der Waals surface area contributed by atoms with E-state index in [1.54, 1.807) is 13.1 Å². The third kappa shape index (κ3) is 5.73. The number of benzene rings is 2. The Morgan fingerprint density at radius 1 is 1.14 bits per heavy atom. The summed E-state index contributed by atoms with van der Waals surface area (Å²) in [6, 6.07) is 12.5. The lowest BCUT2D eigenvalue weighted by molar-refractivity contribution is -0.142. The van der Waals surface area contributed by atoms with Gasteiger partial charge in [0.1, 0.15) is 11.8 Å². The lowest BCUT2D eigenvalue weighted by Crippen LogP contribution is -2.49. The van der Waals surface area contributed by atoms with Crippen LogP contribution in [0, 0.1) is 13.8 Å². The number of carbonyl (C=O) groups excluding carboxylic acids is 2. The van der Waals surface area contributed by atoms with E-state index in [-0.39, 0.29) is 25.0 Å². The summed E-state index contributed by atoms with van der Waals surface area (Å²) in [5.74, 6) is 0.153. The number of halogens is 1. The zero-order valence-electron chi connectivity index (χ0n) is 16.8. The van der Waals surface area contributed by atoms with Crippen molar-refractivity contribution in [3.05, 3.63) is 64.2 Å². The number of hydrogen-bond donors (Lipinski definition) is 1. The Balaban J connectivity index is 2.22. The molecule has 0 saturated heterocycles. The molecule has 0 unspecified atom stereocenters. The molecule has 0 aliphatic heterocycles. The molecule has 0 radical (unpaired) electrons. The number of rotatable bonds is 8. The van der Waals surface area contributed by atoms with Crippen molar-refractivity contribution in [1.29, 1.82) is 0 Å². The van der Waals surface area contributed by atoms with E-state index in [1.807, 2.05) is 57.2 Å². The minimum Gasteiger partial charge on any atom is -0.484 e. The van der Waals surface area contributed by atoms with Gasteiger partial charge in [-0.3, -0.25) is 9.59 Å². The molecule has 0 aliphatic rings. The molecule has 0 aliphatic carbocycles. The van der Waals surface area contributed by atoms with Gasteiger partial charge >= 0.3 is 0 Å². The number of hydrogen-bond acceptors (Lipinski definition) is 3. The van der Waals surface area contributed by atoms with Gasteiger partial charge in [-0.05, 0) is 55.2 Å². The summed E-state index contributed by atoms with van der Waals surface area (Å²) in [5, 5.41) is 3.19. The highest BCUT2D eigenvalue weighted by Crippen LogP contribution is 2.21. The van der Waals surface area contributed by atoms with Crippen LogP contribution in [0.2, 0.25) is 5.02 Å². The fourth-order valence-electron chi connectivity index (χ4n) is 3.14. The van der Waals surface area contributed by atoms with Crippen molar-refractivity contribution in [3.8, 4) is 5.75 Å². The van der Waals surface area contributed by atoms with Crippen molar-refractivity contribution in [2.24, 2.45) is 0 Å². The molecule has 5 nitrogen and oxygen atoms in total. The maximum Gasteiger partial charge on any atom is 0.261 e. The number of aryl methyl sites for hydroxylation is 2. The molecule has 150 valence electrons. The molecule has 1 N–H and O–H groups in total. The Morgan fingerprint density at radius 3 is 2.36 bits per heavy atom. The molecular weight excluding hydrogens is 376 g/mol. The number of amides is 2. The molecule has 2 rings (SSSR count). The Hall–Kier alpha value is -2.53. The van der Waals surface area contributed by atoms with E-state index in [2.05, 4.69) is 5.32 Å². The number of ether oxygens (including phenoxy) is 1. The predicted octanol–water partition coefficient (Wildman–Crippen LogP) is 3.89. The van der Waals surface area contributed by atoms with Gasteiger partial charge in [-0.15, -0.1) is 0 Å². The topological polar surface area (TPSA) is 58.6 Å². The number of carbonyl (C=O) groups is 2. The van der Waals surface area contributed by atoms with Gasteiger partial charge in [0.25, 0.3) is 5.91 Å².